The molecular formula is C12H15N3O. The van der Waals surface area contributed by atoms with Crippen molar-refractivity contribution in [3.05, 3.63) is 41.7 Å². The summed E-state index contributed by atoms with van der Waals surface area (Å²) in [6.45, 7) is 2.46. The van der Waals surface area contributed by atoms with Gasteiger partial charge in [-0.25, -0.2) is 0 Å². The van der Waals surface area contributed by atoms with E-state index < -0.39 is 0 Å². The molecule has 84 valence electrons. The number of aryl methyl sites for hydroxylation is 2. The van der Waals surface area contributed by atoms with Gasteiger partial charge in [-0.2, -0.15) is 5.10 Å². The molecule has 0 unspecified atom stereocenters. The zero-order valence-electron chi connectivity index (χ0n) is 9.47. The van der Waals surface area contributed by atoms with Gasteiger partial charge in [0.05, 0.1) is 5.69 Å². The third kappa shape index (κ3) is 2.34. The average molecular weight is 217 g/mol. The molecule has 0 saturated carbocycles. The summed E-state index contributed by atoms with van der Waals surface area (Å²) in [5.41, 5.74) is 8.39. The van der Waals surface area contributed by atoms with Gasteiger partial charge in [0.25, 0.3) is 0 Å². The van der Waals surface area contributed by atoms with Gasteiger partial charge in [0.2, 0.25) is 0 Å². The van der Waals surface area contributed by atoms with Crippen molar-refractivity contribution in [2.75, 3.05) is 5.73 Å². The molecule has 0 radical (unpaired) electrons. The maximum Gasteiger partial charge on any atom is 0.132 e. The van der Waals surface area contributed by atoms with Crippen molar-refractivity contribution in [1.82, 2.24) is 9.78 Å². The molecule has 0 fully saturated rings. The number of nitrogens with zero attached hydrogens (tertiary/aromatic N) is 2. The summed E-state index contributed by atoms with van der Waals surface area (Å²) in [5.74, 6) is 0.811. The van der Waals surface area contributed by atoms with Crippen LogP contribution in [0.25, 0.3) is 0 Å². The van der Waals surface area contributed by atoms with Gasteiger partial charge in [0, 0.05) is 25.0 Å². The Morgan fingerprint density at radius 2 is 2.19 bits per heavy atom. The lowest BCUT2D eigenvalue weighted by molar-refractivity contribution is 0.298. The molecule has 1 aromatic heterocycles. The summed E-state index contributed by atoms with van der Waals surface area (Å²) in [4.78, 5) is 0. The topological polar surface area (TPSA) is 53.1 Å². The molecule has 0 aliphatic rings. The van der Waals surface area contributed by atoms with Gasteiger partial charge in [-0.15, -0.1) is 0 Å². The second-order valence-corrected chi connectivity index (χ2v) is 3.79. The zero-order chi connectivity index (χ0) is 11.5. The van der Waals surface area contributed by atoms with Crippen LogP contribution in [0.15, 0.2) is 30.5 Å². The molecule has 0 bridgehead atoms. The number of hydrogen-bond donors (Lipinski definition) is 1. The monoisotopic (exact) mass is 217 g/mol. The minimum absolute atomic E-state index is 0.463. The van der Waals surface area contributed by atoms with Crippen LogP contribution in [-0.4, -0.2) is 9.78 Å². The molecule has 0 aliphatic heterocycles. The van der Waals surface area contributed by atoms with Crippen LogP contribution in [0.3, 0.4) is 0 Å². The molecule has 0 spiro atoms. The van der Waals surface area contributed by atoms with Crippen molar-refractivity contribution in [3.63, 3.8) is 0 Å². The third-order valence-electron chi connectivity index (χ3n) is 2.36. The molecule has 1 aromatic carbocycles. The Morgan fingerprint density at radius 1 is 1.38 bits per heavy atom. The lowest BCUT2D eigenvalue weighted by Gasteiger charge is -2.08. The Balaban J connectivity index is 2.07. The molecule has 2 rings (SSSR count). The average Bonchev–Trinajstić information content (AvgIpc) is 2.66. The number of nitrogens with two attached hydrogens (primary N) is 1. The molecule has 0 atom stereocenters. The summed E-state index contributed by atoms with van der Waals surface area (Å²) < 4.78 is 7.42. The van der Waals surface area contributed by atoms with E-state index in [2.05, 4.69) is 5.10 Å². The van der Waals surface area contributed by atoms with E-state index in [1.54, 1.807) is 4.68 Å². The smallest absolute Gasteiger partial charge is 0.132 e. The van der Waals surface area contributed by atoms with E-state index in [4.69, 9.17) is 10.5 Å². The molecule has 0 saturated heterocycles. The number of nitrogen functional groups attached to an aromatic ring is 1. The maximum absolute atomic E-state index is 5.70. The number of ether oxygens (including phenoxy) is 1. The SMILES string of the molecule is Cc1ccc(N)cc1OCc1ccn(C)n1. The first-order chi connectivity index (χ1) is 7.65. The Labute approximate surface area is 94.6 Å². The summed E-state index contributed by atoms with van der Waals surface area (Å²) in [7, 11) is 1.88. The normalized spacial score (nSPS) is 10.4. The number of anilines is 1. The van der Waals surface area contributed by atoms with Crippen LogP contribution >= 0.6 is 0 Å². The molecule has 4 heteroatoms. The first-order valence-electron chi connectivity index (χ1n) is 5.12. The highest BCUT2D eigenvalue weighted by atomic mass is 16.5. The van der Waals surface area contributed by atoms with Crippen LogP contribution in [0, 0.1) is 6.92 Å². The highest BCUT2D eigenvalue weighted by Crippen LogP contribution is 2.21. The van der Waals surface area contributed by atoms with Crippen LogP contribution in [0.2, 0.25) is 0 Å². The first-order valence-corrected chi connectivity index (χ1v) is 5.12. The van der Waals surface area contributed by atoms with Gasteiger partial charge in [-0.3, -0.25) is 4.68 Å². The standard InChI is InChI=1S/C12H15N3O/c1-9-3-4-10(13)7-12(9)16-8-11-5-6-15(2)14-11/h3-7H,8,13H2,1-2H3. The molecule has 16 heavy (non-hydrogen) atoms. The molecule has 2 aromatic rings. The predicted molar refractivity (Wildman–Crippen MR) is 63.1 cm³/mol. The van der Waals surface area contributed by atoms with E-state index in [1.165, 1.54) is 0 Å². The molecule has 2 N–H and O–H groups in total. The Bertz CT molecular complexity index is 491. The van der Waals surface area contributed by atoms with Gasteiger partial charge in [0.1, 0.15) is 12.4 Å². The molecule has 0 amide bonds. The lowest BCUT2D eigenvalue weighted by Crippen LogP contribution is -1.99. The van der Waals surface area contributed by atoms with Crippen molar-refractivity contribution >= 4 is 5.69 Å². The van der Waals surface area contributed by atoms with Crippen molar-refractivity contribution < 1.29 is 4.74 Å². The summed E-state index contributed by atoms with van der Waals surface area (Å²) in [6.07, 6.45) is 1.89. The van der Waals surface area contributed by atoms with Gasteiger partial charge < -0.3 is 10.5 Å². The second kappa shape index (κ2) is 4.26. The van der Waals surface area contributed by atoms with Gasteiger partial charge in [-0.1, -0.05) is 6.07 Å². The van der Waals surface area contributed by atoms with E-state index in [0.717, 1.165) is 17.0 Å². The molecule has 1 heterocycles. The first kappa shape index (κ1) is 10.5. The Kier molecular flexibility index (Phi) is 2.81. The third-order valence-corrected chi connectivity index (χ3v) is 2.36. The Morgan fingerprint density at radius 3 is 2.88 bits per heavy atom. The number of benzene rings is 1. The van der Waals surface area contributed by atoms with Crippen molar-refractivity contribution in [2.24, 2.45) is 7.05 Å². The van der Waals surface area contributed by atoms with Gasteiger partial charge in [0.15, 0.2) is 0 Å². The molecular weight excluding hydrogens is 202 g/mol. The predicted octanol–water partition coefficient (Wildman–Crippen LogP) is 1.89. The van der Waals surface area contributed by atoms with Crippen molar-refractivity contribution in [3.8, 4) is 5.75 Å². The summed E-state index contributed by atoms with van der Waals surface area (Å²) in [6, 6.07) is 7.58. The lowest BCUT2D eigenvalue weighted by atomic mass is 10.2. The highest BCUT2D eigenvalue weighted by molar-refractivity contribution is 5.47. The van der Waals surface area contributed by atoms with Gasteiger partial charge >= 0.3 is 0 Å². The minimum atomic E-state index is 0.463. The zero-order valence-corrected chi connectivity index (χ0v) is 9.47. The van der Waals surface area contributed by atoms with E-state index in [1.807, 2.05) is 44.4 Å². The van der Waals surface area contributed by atoms with Crippen LogP contribution in [0.4, 0.5) is 5.69 Å². The van der Waals surface area contributed by atoms with Gasteiger partial charge in [-0.05, 0) is 24.6 Å². The van der Waals surface area contributed by atoms with Crippen LogP contribution < -0.4 is 10.5 Å². The number of aromatic nitrogens is 2. The quantitative estimate of drug-likeness (QED) is 0.799. The maximum atomic E-state index is 5.70. The van der Waals surface area contributed by atoms with Crippen LogP contribution in [0.5, 0.6) is 5.75 Å². The number of hydrogen-bond acceptors (Lipinski definition) is 3. The van der Waals surface area contributed by atoms with Crippen molar-refractivity contribution in [2.45, 2.75) is 13.5 Å². The second-order valence-electron chi connectivity index (χ2n) is 3.79. The Hall–Kier alpha value is -1.97. The highest BCUT2D eigenvalue weighted by Gasteiger charge is 2.02. The fraction of sp³-hybridized carbons (Fsp3) is 0.250. The fourth-order valence-electron chi connectivity index (χ4n) is 1.46. The summed E-state index contributed by atoms with van der Waals surface area (Å²) in [5, 5.41) is 4.24. The number of rotatable bonds is 3. The van der Waals surface area contributed by atoms with E-state index >= 15 is 0 Å². The molecule has 0 aliphatic carbocycles. The van der Waals surface area contributed by atoms with Crippen LogP contribution in [-0.2, 0) is 13.7 Å². The van der Waals surface area contributed by atoms with E-state index in [0.29, 0.717) is 12.3 Å². The van der Waals surface area contributed by atoms with E-state index in [-0.39, 0.29) is 0 Å². The molecule has 4 nitrogen and oxygen atoms in total. The van der Waals surface area contributed by atoms with Crippen molar-refractivity contribution in [1.29, 1.82) is 0 Å². The fourth-order valence-corrected chi connectivity index (χ4v) is 1.46. The van der Waals surface area contributed by atoms with E-state index in [9.17, 15) is 0 Å². The van der Waals surface area contributed by atoms with Crippen LogP contribution in [0.1, 0.15) is 11.3 Å². The summed E-state index contributed by atoms with van der Waals surface area (Å²) >= 11 is 0. The minimum Gasteiger partial charge on any atom is -0.487 e. The largest absolute Gasteiger partial charge is 0.487 e.